The van der Waals surface area contributed by atoms with Gasteiger partial charge in [-0.05, 0) is 30.5 Å². The number of amides is 1. The molecule has 0 aliphatic carbocycles. The first kappa shape index (κ1) is 24.6. The molecule has 0 saturated carbocycles. The molecule has 188 valence electrons. The third-order valence-electron chi connectivity index (χ3n) is 6.84. The molecule has 2 aliphatic heterocycles. The number of anilines is 1. The average Bonchev–Trinajstić information content (AvgIpc) is 3.27. The lowest BCUT2D eigenvalue weighted by Crippen LogP contribution is -2.49. The zero-order valence-corrected chi connectivity index (χ0v) is 20.6. The predicted octanol–water partition coefficient (Wildman–Crippen LogP) is 4.53. The molecule has 0 N–H and O–H groups in total. The first-order chi connectivity index (χ1) is 17.1. The molecule has 2 aliphatic rings. The van der Waals surface area contributed by atoms with E-state index in [0.29, 0.717) is 41.1 Å². The number of benzene rings is 1. The third-order valence-corrected chi connectivity index (χ3v) is 7.35. The van der Waals surface area contributed by atoms with Crippen LogP contribution in [0.5, 0.6) is 0 Å². The maximum absolute atomic E-state index is 13.4. The van der Waals surface area contributed by atoms with Crippen molar-refractivity contribution >= 4 is 45.7 Å². The van der Waals surface area contributed by atoms with Crippen molar-refractivity contribution < 1.29 is 18.0 Å². The highest BCUT2D eigenvalue weighted by molar-refractivity contribution is 6.33. The smallest absolute Gasteiger partial charge is 0.370 e. The van der Waals surface area contributed by atoms with Gasteiger partial charge in [0.05, 0.1) is 17.7 Å². The molecule has 2 aromatic heterocycles. The van der Waals surface area contributed by atoms with E-state index in [0.717, 1.165) is 4.57 Å². The summed E-state index contributed by atoms with van der Waals surface area (Å²) in [6, 6.07) is 7.34. The van der Waals surface area contributed by atoms with Crippen LogP contribution in [-0.2, 0) is 24.1 Å². The Balaban J connectivity index is 1.36. The van der Waals surface area contributed by atoms with Crippen LogP contribution < -0.4 is 4.90 Å². The molecule has 8 nitrogen and oxygen atoms in total. The van der Waals surface area contributed by atoms with E-state index >= 15 is 0 Å². The number of hydrogen-bond donors (Lipinski definition) is 0. The quantitative estimate of drug-likeness (QED) is 0.446. The minimum atomic E-state index is -4.59. The molecule has 2 atom stereocenters. The molecule has 1 aromatic carbocycles. The van der Waals surface area contributed by atoms with E-state index in [1.807, 2.05) is 11.8 Å². The Morgan fingerprint density at radius 3 is 2.67 bits per heavy atom. The first-order valence-electron chi connectivity index (χ1n) is 11.3. The monoisotopic (exact) mass is 537 g/mol. The summed E-state index contributed by atoms with van der Waals surface area (Å²) < 4.78 is 40.4. The summed E-state index contributed by atoms with van der Waals surface area (Å²) in [5, 5.41) is 18.0. The number of nitrogens with zero attached hydrogens (tertiary/aromatic N) is 7. The van der Waals surface area contributed by atoms with Gasteiger partial charge in [0.25, 0.3) is 0 Å². The lowest BCUT2D eigenvalue weighted by atomic mass is 9.85. The highest BCUT2D eigenvalue weighted by Crippen LogP contribution is 2.39. The topological polar surface area (TPSA) is 90.9 Å². The molecule has 36 heavy (non-hydrogen) atoms. The molecule has 0 spiro atoms. The summed E-state index contributed by atoms with van der Waals surface area (Å²) in [6.07, 6.45) is -4.09. The van der Waals surface area contributed by atoms with Crippen molar-refractivity contribution in [1.29, 1.82) is 5.26 Å². The molecule has 0 radical (unpaired) electrons. The Labute approximate surface area is 214 Å². The van der Waals surface area contributed by atoms with Gasteiger partial charge >= 0.3 is 6.18 Å². The van der Waals surface area contributed by atoms with Crippen LogP contribution in [0.1, 0.15) is 30.6 Å². The second-order valence-electron chi connectivity index (χ2n) is 9.07. The summed E-state index contributed by atoms with van der Waals surface area (Å²) in [5.74, 6) is -1.45. The van der Waals surface area contributed by atoms with Gasteiger partial charge in [-0.2, -0.15) is 18.4 Å². The van der Waals surface area contributed by atoms with Crippen LogP contribution in [0, 0.1) is 23.2 Å². The van der Waals surface area contributed by atoms with Gasteiger partial charge in [-0.1, -0.05) is 30.1 Å². The zero-order chi connectivity index (χ0) is 25.8. The summed E-state index contributed by atoms with van der Waals surface area (Å²) in [5.41, 5.74) is 1.50. The van der Waals surface area contributed by atoms with Gasteiger partial charge in [-0.15, -0.1) is 10.2 Å². The summed E-state index contributed by atoms with van der Waals surface area (Å²) in [4.78, 5) is 21.3. The molecule has 3 aromatic rings. The van der Waals surface area contributed by atoms with E-state index in [1.54, 1.807) is 23.1 Å². The van der Waals surface area contributed by atoms with E-state index in [4.69, 9.17) is 23.2 Å². The van der Waals surface area contributed by atoms with E-state index in [9.17, 15) is 23.2 Å². The van der Waals surface area contributed by atoms with Crippen molar-refractivity contribution in [2.75, 3.05) is 24.5 Å². The van der Waals surface area contributed by atoms with Gasteiger partial charge in [0.15, 0.2) is 5.82 Å². The number of piperidine rings is 1. The summed E-state index contributed by atoms with van der Waals surface area (Å²) in [6.45, 7) is 3.05. The number of fused-ring (bicyclic) bond motifs is 2. The second-order valence-corrected chi connectivity index (χ2v) is 9.86. The number of aromatic nitrogens is 4. The van der Waals surface area contributed by atoms with Gasteiger partial charge < -0.3 is 14.4 Å². The molecule has 0 unspecified atom stereocenters. The zero-order valence-electron chi connectivity index (χ0n) is 19.1. The SMILES string of the molecule is C[C@@H]1CN(c2c(C#N)c(Cl)nc3ccc(Cl)cc23)CC[C@@H]1C(=O)N1CCn2c(nnc2C(F)(F)F)C1. The third kappa shape index (κ3) is 4.22. The van der Waals surface area contributed by atoms with Crippen LogP contribution in [0.25, 0.3) is 10.9 Å². The maximum Gasteiger partial charge on any atom is 0.451 e. The number of halogens is 5. The molecule has 0 bridgehead atoms. The Bertz CT molecular complexity index is 1400. The van der Waals surface area contributed by atoms with E-state index in [-0.39, 0.29) is 53.9 Å². The fourth-order valence-electron chi connectivity index (χ4n) is 5.12. The molecule has 1 saturated heterocycles. The minimum Gasteiger partial charge on any atom is -0.370 e. The van der Waals surface area contributed by atoms with Crippen molar-refractivity contribution in [3.05, 3.63) is 45.6 Å². The Hall–Kier alpha value is -3.10. The number of rotatable bonds is 2. The minimum absolute atomic E-state index is 0.00998. The van der Waals surface area contributed by atoms with Crippen LogP contribution in [0.15, 0.2) is 18.2 Å². The van der Waals surface area contributed by atoms with Crippen LogP contribution in [0.2, 0.25) is 10.2 Å². The Kier molecular flexibility index (Phi) is 6.21. The largest absolute Gasteiger partial charge is 0.451 e. The fraction of sp³-hybridized carbons (Fsp3) is 0.435. The first-order valence-corrected chi connectivity index (χ1v) is 12.1. The van der Waals surface area contributed by atoms with Gasteiger partial charge in [-0.3, -0.25) is 4.79 Å². The van der Waals surface area contributed by atoms with E-state index < -0.39 is 12.0 Å². The van der Waals surface area contributed by atoms with Crippen molar-refractivity contribution in [2.45, 2.75) is 32.6 Å². The standard InChI is InChI=1S/C23H20Cl2F3N7O/c1-12-10-33(19-15-8-13(24)2-3-17(15)30-20(25)16(19)9-29)5-4-14(12)21(36)34-6-7-35-18(11-34)31-32-22(35)23(26,27)28/h2-3,8,12,14H,4-7,10-11H2,1H3/t12-,14+/m1/s1. The van der Waals surface area contributed by atoms with Gasteiger partial charge in [0, 0.05) is 42.5 Å². The van der Waals surface area contributed by atoms with Crippen molar-refractivity contribution in [2.24, 2.45) is 11.8 Å². The maximum atomic E-state index is 13.4. The number of alkyl halides is 3. The molecular weight excluding hydrogens is 518 g/mol. The predicted molar refractivity (Wildman–Crippen MR) is 126 cm³/mol. The highest BCUT2D eigenvalue weighted by atomic mass is 35.5. The van der Waals surface area contributed by atoms with Crippen LogP contribution in [0.3, 0.4) is 0 Å². The average molecular weight is 538 g/mol. The van der Waals surface area contributed by atoms with Crippen molar-refractivity contribution in [1.82, 2.24) is 24.6 Å². The van der Waals surface area contributed by atoms with Gasteiger partial charge in [0.2, 0.25) is 11.7 Å². The number of carbonyl (C=O) groups excluding carboxylic acids is 1. The van der Waals surface area contributed by atoms with Crippen LogP contribution in [-0.4, -0.2) is 50.2 Å². The summed E-state index contributed by atoms with van der Waals surface area (Å²) in [7, 11) is 0. The molecular formula is C23H20Cl2F3N7O. The van der Waals surface area contributed by atoms with Crippen molar-refractivity contribution in [3.63, 3.8) is 0 Å². The Morgan fingerprint density at radius 1 is 1.19 bits per heavy atom. The number of pyridine rings is 1. The number of carbonyl (C=O) groups is 1. The number of nitriles is 1. The van der Waals surface area contributed by atoms with Crippen LogP contribution in [0.4, 0.5) is 18.9 Å². The van der Waals surface area contributed by atoms with E-state index in [1.165, 1.54) is 0 Å². The molecule has 5 rings (SSSR count). The highest BCUT2D eigenvalue weighted by Gasteiger charge is 2.41. The number of hydrogen-bond acceptors (Lipinski definition) is 6. The molecule has 1 fully saturated rings. The fourth-order valence-corrected chi connectivity index (χ4v) is 5.52. The summed E-state index contributed by atoms with van der Waals surface area (Å²) >= 11 is 12.5. The molecule has 1 amide bonds. The Morgan fingerprint density at radius 2 is 1.97 bits per heavy atom. The lowest BCUT2D eigenvalue weighted by Gasteiger charge is -2.40. The van der Waals surface area contributed by atoms with Crippen molar-refractivity contribution in [3.8, 4) is 6.07 Å². The second kappa shape index (κ2) is 9.09. The van der Waals surface area contributed by atoms with Gasteiger partial charge in [0.1, 0.15) is 16.8 Å². The van der Waals surface area contributed by atoms with Gasteiger partial charge in [-0.25, -0.2) is 4.98 Å². The van der Waals surface area contributed by atoms with E-state index in [2.05, 4.69) is 21.3 Å². The molecule has 4 heterocycles. The molecule has 13 heteroatoms. The normalized spacial score (nSPS) is 20.4. The lowest BCUT2D eigenvalue weighted by molar-refractivity contribution is -0.148. The van der Waals surface area contributed by atoms with Crippen LogP contribution >= 0.6 is 23.2 Å².